The number of hydrogen-bond acceptors (Lipinski definition) is 5. The highest BCUT2D eigenvalue weighted by atomic mass is 32.1. The van der Waals surface area contributed by atoms with Gasteiger partial charge in [-0.3, -0.25) is 0 Å². The Balaban J connectivity index is 3.53. The fraction of sp³-hybridized carbons (Fsp3) is 0.667. The van der Waals surface area contributed by atoms with Crippen LogP contribution in [0.2, 0.25) is 0 Å². The largest absolute Gasteiger partial charge is 0.508 e. The third-order valence-electron chi connectivity index (χ3n) is 0.882. The minimum atomic E-state index is -0.712. The number of thiocarbonyl (C=S) groups is 1. The van der Waals surface area contributed by atoms with Gasteiger partial charge >= 0.3 is 6.16 Å². The molecule has 0 bridgehead atoms. The molecule has 4 nitrogen and oxygen atoms in total. The number of nitrogens with zero attached hydrogens (tertiary/aromatic N) is 1. The number of hydrogen-bond donors (Lipinski definition) is 0. The second-order valence-electron chi connectivity index (χ2n) is 1.83. The number of methoxy groups -OCH3 is 1. The average Bonchev–Trinajstić information content (AvgIpc) is 2.01. The summed E-state index contributed by atoms with van der Waals surface area (Å²) in [5.41, 5.74) is 0. The van der Waals surface area contributed by atoms with Crippen LogP contribution in [0.25, 0.3) is 0 Å². The smallest absolute Gasteiger partial charge is 0.438 e. The molecule has 0 aliphatic carbocycles. The molecule has 0 unspecified atom stereocenters. The van der Waals surface area contributed by atoms with E-state index in [9.17, 15) is 4.79 Å². The minimum Gasteiger partial charge on any atom is -0.438 e. The summed E-state index contributed by atoms with van der Waals surface area (Å²) in [6.07, 6.45) is -0.712. The lowest BCUT2D eigenvalue weighted by molar-refractivity contribution is 0.0695. The van der Waals surface area contributed by atoms with Crippen molar-refractivity contribution in [1.82, 2.24) is 0 Å². The van der Waals surface area contributed by atoms with Crippen LogP contribution in [-0.4, -0.2) is 31.1 Å². The summed E-state index contributed by atoms with van der Waals surface area (Å²) in [6.45, 7) is 1.92. The number of carbonyl (C=O) groups excluding carboxylic acids is 1. The monoisotopic (exact) mass is 175 g/mol. The van der Waals surface area contributed by atoms with Crippen LogP contribution in [0.3, 0.4) is 0 Å². The van der Waals surface area contributed by atoms with Gasteiger partial charge in [-0.15, -0.1) is 0 Å². The Morgan fingerprint density at radius 1 is 1.82 bits per heavy atom. The summed E-state index contributed by atoms with van der Waals surface area (Å²) in [6, 6.07) is -0.161. The maximum absolute atomic E-state index is 10.4. The average molecular weight is 175 g/mol. The molecule has 1 atom stereocenters. The van der Waals surface area contributed by atoms with E-state index < -0.39 is 6.16 Å². The van der Waals surface area contributed by atoms with Gasteiger partial charge in [0.15, 0.2) is 0 Å². The quantitative estimate of drug-likeness (QED) is 0.368. The zero-order valence-electron chi connectivity index (χ0n) is 6.36. The van der Waals surface area contributed by atoms with Crippen molar-refractivity contribution < 1.29 is 14.3 Å². The van der Waals surface area contributed by atoms with Crippen LogP contribution in [0.5, 0.6) is 0 Å². The molecule has 0 aromatic heterocycles. The van der Waals surface area contributed by atoms with E-state index in [1.54, 1.807) is 6.92 Å². The van der Waals surface area contributed by atoms with Gasteiger partial charge < -0.3 is 9.47 Å². The molecule has 0 aromatic carbocycles. The molecule has 0 saturated carbocycles. The Morgan fingerprint density at radius 3 is 2.91 bits per heavy atom. The summed E-state index contributed by atoms with van der Waals surface area (Å²) >= 11 is 4.35. The van der Waals surface area contributed by atoms with Gasteiger partial charge in [0, 0.05) is 0 Å². The van der Waals surface area contributed by atoms with E-state index in [0.29, 0.717) is 0 Å². The lowest BCUT2D eigenvalue weighted by Crippen LogP contribution is -2.13. The molecule has 0 aliphatic heterocycles. The van der Waals surface area contributed by atoms with E-state index in [1.165, 1.54) is 7.11 Å². The molecule has 5 heteroatoms. The minimum absolute atomic E-state index is 0.161. The van der Waals surface area contributed by atoms with Gasteiger partial charge in [0.05, 0.1) is 18.3 Å². The van der Waals surface area contributed by atoms with Crippen LogP contribution >= 0.6 is 12.2 Å². The molecule has 0 aromatic rings. The van der Waals surface area contributed by atoms with E-state index in [4.69, 9.17) is 0 Å². The maximum atomic E-state index is 10.4. The molecule has 0 aliphatic rings. The Hall–Kier alpha value is -0.930. The molecule has 0 spiro atoms. The van der Waals surface area contributed by atoms with E-state index in [0.717, 1.165) is 0 Å². The second kappa shape index (κ2) is 5.82. The van der Waals surface area contributed by atoms with Crippen LogP contribution in [0.1, 0.15) is 6.92 Å². The highest BCUT2D eigenvalue weighted by molar-refractivity contribution is 7.78. The Kier molecular flexibility index (Phi) is 5.33. The molecular weight excluding hydrogens is 166 g/mol. The van der Waals surface area contributed by atoms with E-state index in [1.807, 2.05) is 0 Å². The zero-order chi connectivity index (χ0) is 8.69. The molecule has 0 rings (SSSR count). The number of carbonyl (C=O) groups is 1. The second-order valence-corrected chi connectivity index (χ2v) is 2.02. The lowest BCUT2D eigenvalue weighted by atomic mass is 10.4. The molecule has 11 heavy (non-hydrogen) atoms. The number of ether oxygens (including phenoxy) is 2. The van der Waals surface area contributed by atoms with Crippen molar-refractivity contribution in [1.29, 1.82) is 0 Å². The van der Waals surface area contributed by atoms with Crippen LogP contribution in [-0.2, 0) is 9.47 Å². The highest BCUT2D eigenvalue weighted by Gasteiger charge is 2.03. The van der Waals surface area contributed by atoms with Gasteiger partial charge in [0.2, 0.25) is 0 Å². The van der Waals surface area contributed by atoms with Crippen molar-refractivity contribution in [2.24, 2.45) is 4.99 Å². The van der Waals surface area contributed by atoms with Crippen LogP contribution in [0.4, 0.5) is 4.79 Å². The fourth-order valence-electron chi connectivity index (χ4n) is 0.375. The van der Waals surface area contributed by atoms with Crippen molar-refractivity contribution in [2.75, 3.05) is 13.7 Å². The van der Waals surface area contributed by atoms with E-state index in [-0.39, 0.29) is 12.6 Å². The summed E-state index contributed by atoms with van der Waals surface area (Å²) in [5, 5.41) is 2.19. The first-order valence-electron chi connectivity index (χ1n) is 2.98. The summed E-state index contributed by atoms with van der Waals surface area (Å²) < 4.78 is 8.79. The first kappa shape index (κ1) is 10.1. The summed E-state index contributed by atoms with van der Waals surface area (Å²) in [4.78, 5) is 14.1. The topological polar surface area (TPSA) is 47.9 Å². The van der Waals surface area contributed by atoms with Crippen LogP contribution in [0.15, 0.2) is 4.99 Å². The van der Waals surface area contributed by atoms with Gasteiger partial charge in [0.1, 0.15) is 6.61 Å². The third-order valence-corrected chi connectivity index (χ3v) is 0.988. The first-order chi connectivity index (χ1) is 5.20. The van der Waals surface area contributed by atoms with Crippen LogP contribution < -0.4 is 0 Å². The number of rotatable bonds is 3. The molecular formula is C6H9NO3S. The van der Waals surface area contributed by atoms with Gasteiger partial charge in [-0.2, -0.15) is 0 Å². The zero-order valence-corrected chi connectivity index (χ0v) is 7.18. The molecule has 0 saturated heterocycles. The number of aliphatic imine (C=N–C) groups is 1. The fourth-order valence-corrected chi connectivity index (χ4v) is 0.555. The molecule has 0 radical (unpaired) electrons. The highest BCUT2D eigenvalue weighted by Crippen LogP contribution is 1.90. The van der Waals surface area contributed by atoms with Gasteiger partial charge in [-0.05, 0) is 19.1 Å². The summed E-state index contributed by atoms with van der Waals surface area (Å²) in [5.74, 6) is 0. The molecule has 0 fully saturated rings. The van der Waals surface area contributed by atoms with Gasteiger partial charge in [-0.1, -0.05) is 0 Å². The van der Waals surface area contributed by atoms with Crippen molar-refractivity contribution >= 4 is 23.5 Å². The van der Waals surface area contributed by atoms with Crippen molar-refractivity contribution in [2.45, 2.75) is 13.0 Å². The van der Waals surface area contributed by atoms with E-state index in [2.05, 4.69) is 31.8 Å². The van der Waals surface area contributed by atoms with Gasteiger partial charge in [0.25, 0.3) is 0 Å². The molecule has 62 valence electrons. The predicted octanol–water partition coefficient (Wildman–Crippen LogP) is 1.26. The normalized spacial score (nSPS) is 11.1. The van der Waals surface area contributed by atoms with Crippen molar-refractivity contribution in [3.8, 4) is 0 Å². The first-order valence-corrected chi connectivity index (χ1v) is 3.39. The Morgan fingerprint density at radius 2 is 2.45 bits per heavy atom. The SMILES string of the molecule is COC(=O)OC[C@@H](C)N=C=S. The predicted molar refractivity (Wildman–Crippen MR) is 42.8 cm³/mol. The van der Waals surface area contributed by atoms with Gasteiger partial charge in [-0.25, -0.2) is 9.79 Å². The van der Waals surface area contributed by atoms with Crippen molar-refractivity contribution in [3.63, 3.8) is 0 Å². The van der Waals surface area contributed by atoms with Crippen molar-refractivity contribution in [3.05, 3.63) is 0 Å². The Bertz CT molecular complexity index is 177. The number of isothiocyanates is 1. The Labute approximate surface area is 70.2 Å². The van der Waals surface area contributed by atoms with E-state index >= 15 is 0 Å². The standard InChI is InChI=1S/C6H9NO3S/c1-5(7-4-11)3-10-6(8)9-2/h5H,3H2,1-2H3/t5-/m1/s1. The maximum Gasteiger partial charge on any atom is 0.508 e. The third kappa shape index (κ3) is 5.51. The molecule has 0 heterocycles. The lowest BCUT2D eigenvalue weighted by Gasteiger charge is -2.04. The molecule has 0 amide bonds. The summed E-state index contributed by atoms with van der Waals surface area (Å²) in [7, 11) is 1.25. The van der Waals surface area contributed by atoms with Crippen LogP contribution in [0, 0.1) is 0 Å². The molecule has 0 N–H and O–H groups in total.